The molecule has 0 aliphatic carbocycles. The van der Waals surface area contributed by atoms with Crippen LogP contribution in [-0.2, 0) is 9.53 Å². The highest BCUT2D eigenvalue weighted by molar-refractivity contribution is 5.77. The first-order valence-electron chi connectivity index (χ1n) is 5.92. The van der Waals surface area contributed by atoms with Gasteiger partial charge in [-0.3, -0.25) is 4.79 Å². The Bertz CT molecular complexity index is 441. The van der Waals surface area contributed by atoms with E-state index in [2.05, 4.69) is 0 Å². The first-order chi connectivity index (χ1) is 8.30. The molecule has 0 radical (unpaired) electrons. The van der Waals surface area contributed by atoms with Crippen LogP contribution in [0.2, 0.25) is 0 Å². The van der Waals surface area contributed by atoms with Crippen molar-refractivity contribution in [3.63, 3.8) is 0 Å². The van der Waals surface area contributed by atoms with Gasteiger partial charge in [0.2, 0.25) is 0 Å². The van der Waals surface area contributed by atoms with Crippen molar-refractivity contribution in [1.82, 2.24) is 0 Å². The Kier molecular flexibility index (Phi) is 4.46. The number of aryl methyl sites for hydroxylation is 1. The normalized spacial score (nSPS) is 13.2. The zero-order valence-electron chi connectivity index (χ0n) is 11.2. The van der Waals surface area contributed by atoms with E-state index in [0.29, 0.717) is 11.1 Å². The van der Waals surface area contributed by atoms with Gasteiger partial charge < -0.3 is 9.84 Å². The summed E-state index contributed by atoms with van der Waals surface area (Å²) < 4.78 is 18.4. The number of rotatable bonds is 4. The van der Waals surface area contributed by atoms with Gasteiger partial charge in [-0.05, 0) is 44.9 Å². The van der Waals surface area contributed by atoms with Gasteiger partial charge in [0.1, 0.15) is 5.82 Å². The van der Waals surface area contributed by atoms with Gasteiger partial charge >= 0.3 is 5.97 Å². The summed E-state index contributed by atoms with van der Waals surface area (Å²) in [5.41, 5.74) is -0.242. The largest absolute Gasteiger partial charge is 0.465 e. The fraction of sp³-hybridized carbons (Fsp3) is 0.500. The summed E-state index contributed by atoms with van der Waals surface area (Å²) in [5.74, 6) is -0.898. The van der Waals surface area contributed by atoms with Crippen LogP contribution in [0.15, 0.2) is 18.2 Å². The van der Waals surface area contributed by atoms with Gasteiger partial charge in [-0.1, -0.05) is 12.1 Å². The molecule has 0 fully saturated rings. The Hall–Kier alpha value is -1.42. The first-order valence-corrected chi connectivity index (χ1v) is 5.92. The average molecular weight is 254 g/mol. The van der Waals surface area contributed by atoms with Crippen molar-refractivity contribution in [3.8, 4) is 0 Å². The SMILES string of the molecule is CCOC(=O)C(C)(C)C(O)c1ccc(C)c(F)c1. The first kappa shape index (κ1) is 14.6. The molecule has 1 N–H and O–H groups in total. The van der Waals surface area contributed by atoms with Crippen molar-refractivity contribution in [2.45, 2.75) is 33.8 Å². The Balaban J connectivity index is 3.01. The summed E-state index contributed by atoms with van der Waals surface area (Å²) >= 11 is 0. The average Bonchev–Trinajstić information content (AvgIpc) is 2.32. The molecule has 1 aromatic carbocycles. The van der Waals surface area contributed by atoms with Crippen LogP contribution in [0.3, 0.4) is 0 Å². The maximum Gasteiger partial charge on any atom is 0.314 e. The molecule has 1 aromatic rings. The lowest BCUT2D eigenvalue weighted by Gasteiger charge is -2.28. The number of benzene rings is 1. The molecule has 100 valence electrons. The molecule has 0 spiro atoms. The van der Waals surface area contributed by atoms with Crippen molar-refractivity contribution in [1.29, 1.82) is 0 Å². The number of aliphatic hydroxyl groups excluding tert-OH is 1. The monoisotopic (exact) mass is 254 g/mol. The van der Waals surface area contributed by atoms with E-state index in [1.807, 2.05) is 0 Å². The van der Waals surface area contributed by atoms with Gasteiger partial charge in [-0.15, -0.1) is 0 Å². The van der Waals surface area contributed by atoms with E-state index in [-0.39, 0.29) is 6.61 Å². The summed E-state index contributed by atoms with van der Waals surface area (Å²) in [6.45, 7) is 6.74. The second-order valence-corrected chi connectivity index (χ2v) is 4.85. The van der Waals surface area contributed by atoms with E-state index in [1.165, 1.54) is 6.07 Å². The molecule has 1 rings (SSSR count). The van der Waals surface area contributed by atoms with Crippen LogP contribution in [0.5, 0.6) is 0 Å². The van der Waals surface area contributed by atoms with Crippen LogP contribution in [-0.4, -0.2) is 17.7 Å². The third-order valence-electron chi connectivity index (χ3n) is 3.00. The summed E-state index contributed by atoms with van der Waals surface area (Å²) in [5, 5.41) is 10.2. The van der Waals surface area contributed by atoms with Crippen LogP contribution < -0.4 is 0 Å². The van der Waals surface area contributed by atoms with Gasteiger partial charge in [-0.25, -0.2) is 4.39 Å². The molecule has 0 aromatic heterocycles. The minimum absolute atomic E-state index is 0.247. The number of carbonyl (C=O) groups is 1. The van der Waals surface area contributed by atoms with Gasteiger partial charge in [0, 0.05) is 0 Å². The maximum atomic E-state index is 13.4. The number of esters is 1. The molecular formula is C14H19FO3. The molecule has 0 amide bonds. The molecule has 3 nitrogen and oxygen atoms in total. The molecular weight excluding hydrogens is 235 g/mol. The molecule has 0 aliphatic rings. The Morgan fingerprint density at radius 2 is 2.11 bits per heavy atom. The molecule has 0 saturated heterocycles. The van der Waals surface area contributed by atoms with Gasteiger partial charge in [-0.2, -0.15) is 0 Å². The zero-order chi connectivity index (χ0) is 13.9. The van der Waals surface area contributed by atoms with Crippen molar-refractivity contribution >= 4 is 5.97 Å². The fourth-order valence-electron chi connectivity index (χ4n) is 1.62. The van der Waals surface area contributed by atoms with E-state index < -0.39 is 23.3 Å². The smallest absolute Gasteiger partial charge is 0.314 e. The summed E-state index contributed by atoms with van der Waals surface area (Å²) in [6.07, 6.45) is -1.10. The Morgan fingerprint density at radius 1 is 1.50 bits per heavy atom. The molecule has 18 heavy (non-hydrogen) atoms. The van der Waals surface area contributed by atoms with Crippen LogP contribution in [0.25, 0.3) is 0 Å². The van der Waals surface area contributed by atoms with Crippen LogP contribution >= 0.6 is 0 Å². The highest BCUT2D eigenvalue weighted by Crippen LogP contribution is 2.35. The number of carbonyl (C=O) groups excluding carboxylic acids is 1. The topological polar surface area (TPSA) is 46.5 Å². The van der Waals surface area contributed by atoms with Gasteiger partial charge in [0.15, 0.2) is 0 Å². The molecule has 0 heterocycles. The van der Waals surface area contributed by atoms with Crippen molar-refractivity contribution in [3.05, 3.63) is 35.1 Å². The molecule has 0 bridgehead atoms. The second-order valence-electron chi connectivity index (χ2n) is 4.85. The third-order valence-corrected chi connectivity index (χ3v) is 3.00. The van der Waals surface area contributed by atoms with E-state index in [9.17, 15) is 14.3 Å². The molecule has 0 aliphatic heterocycles. The number of aliphatic hydroxyl groups is 1. The Labute approximate surface area is 107 Å². The Morgan fingerprint density at radius 3 is 2.61 bits per heavy atom. The van der Waals surface area contributed by atoms with Crippen LogP contribution in [0.4, 0.5) is 4.39 Å². The number of halogens is 1. The van der Waals surface area contributed by atoms with Crippen LogP contribution in [0.1, 0.15) is 38.0 Å². The summed E-state index contributed by atoms with van der Waals surface area (Å²) in [6, 6.07) is 4.44. The number of ether oxygens (including phenoxy) is 1. The maximum absolute atomic E-state index is 13.4. The molecule has 4 heteroatoms. The lowest BCUT2D eigenvalue weighted by molar-refractivity contribution is -0.160. The van der Waals surface area contributed by atoms with Crippen LogP contribution in [0, 0.1) is 18.2 Å². The lowest BCUT2D eigenvalue weighted by Crippen LogP contribution is -2.33. The lowest BCUT2D eigenvalue weighted by atomic mass is 9.82. The zero-order valence-corrected chi connectivity index (χ0v) is 11.2. The fourth-order valence-corrected chi connectivity index (χ4v) is 1.62. The predicted octanol–water partition coefficient (Wildman–Crippen LogP) is 2.76. The van der Waals surface area contributed by atoms with Crippen molar-refractivity contribution in [2.24, 2.45) is 5.41 Å². The van der Waals surface area contributed by atoms with Crippen molar-refractivity contribution in [2.75, 3.05) is 6.61 Å². The standard InChI is InChI=1S/C14H19FO3/c1-5-18-13(17)14(3,4)12(16)10-7-6-9(2)11(15)8-10/h6-8,12,16H,5H2,1-4H3. The highest BCUT2D eigenvalue weighted by atomic mass is 19.1. The summed E-state index contributed by atoms with van der Waals surface area (Å²) in [4.78, 5) is 11.8. The number of hydrogen-bond donors (Lipinski definition) is 1. The minimum Gasteiger partial charge on any atom is -0.465 e. The van der Waals surface area contributed by atoms with Crippen molar-refractivity contribution < 1.29 is 19.0 Å². The highest BCUT2D eigenvalue weighted by Gasteiger charge is 2.38. The predicted molar refractivity (Wildman–Crippen MR) is 66.5 cm³/mol. The third kappa shape index (κ3) is 2.88. The molecule has 0 saturated carbocycles. The quantitative estimate of drug-likeness (QED) is 0.840. The minimum atomic E-state index is -1.11. The van der Waals surface area contributed by atoms with E-state index >= 15 is 0 Å². The molecule has 1 atom stereocenters. The van der Waals surface area contributed by atoms with Gasteiger partial charge in [0.25, 0.3) is 0 Å². The van der Waals surface area contributed by atoms with E-state index in [4.69, 9.17) is 4.74 Å². The second kappa shape index (κ2) is 5.48. The molecule has 1 unspecified atom stereocenters. The van der Waals surface area contributed by atoms with E-state index in [1.54, 1.807) is 39.8 Å². The number of hydrogen-bond acceptors (Lipinski definition) is 3. The van der Waals surface area contributed by atoms with E-state index in [0.717, 1.165) is 0 Å². The summed E-state index contributed by atoms with van der Waals surface area (Å²) in [7, 11) is 0. The van der Waals surface area contributed by atoms with Gasteiger partial charge in [0.05, 0.1) is 18.1 Å².